The fourth-order valence-electron chi connectivity index (χ4n) is 3.51. The van der Waals surface area contributed by atoms with E-state index in [0.29, 0.717) is 29.0 Å². The predicted molar refractivity (Wildman–Crippen MR) is 108 cm³/mol. The van der Waals surface area contributed by atoms with Crippen molar-refractivity contribution in [3.63, 3.8) is 0 Å². The molecule has 3 heterocycles. The summed E-state index contributed by atoms with van der Waals surface area (Å²) in [6, 6.07) is 9.42. The quantitative estimate of drug-likeness (QED) is 0.699. The van der Waals surface area contributed by atoms with Crippen molar-refractivity contribution >= 4 is 28.4 Å². The van der Waals surface area contributed by atoms with E-state index < -0.39 is 0 Å². The number of hydrogen-bond acceptors (Lipinski definition) is 4. The fourth-order valence-corrected chi connectivity index (χ4v) is 3.68. The van der Waals surface area contributed by atoms with Crippen LogP contribution in [-0.2, 0) is 0 Å². The topological polar surface area (TPSA) is 67.4 Å². The van der Waals surface area contributed by atoms with Gasteiger partial charge in [-0.15, -0.1) is 0 Å². The summed E-state index contributed by atoms with van der Waals surface area (Å²) in [6.07, 6.45) is 5.05. The van der Waals surface area contributed by atoms with Crippen LogP contribution in [0.1, 0.15) is 23.3 Å². The van der Waals surface area contributed by atoms with Crippen LogP contribution in [0.2, 0.25) is 5.02 Å². The molecule has 2 aromatic heterocycles. The van der Waals surface area contributed by atoms with Crippen molar-refractivity contribution in [2.24, 2.45) is 5.92 Å². The zero-order valence-electron chi connectivity index (χ0n) is 15.7. The average Bonchev–Trinajstić information content (AvgIpc) is 3.16. The lowest BCUT2D eigenvalue weighted by Crippen LogP contribution is -2.39. The van der Waals surface area contributed by atoms with E-state index in [9.17, 15) is 4.79 Å². The number of H-pyrrole nitrogens is 1. The number of fused-ring (bicyclic) bond motifs is 1. The number of hydrogen-bond donors (Lipinski definition) is 1. The highest BCUT2D eigenvalue weighted by atomic mass is 35.5. The lowest BCUT2D eigenvalue weighted by atomic mass is 9.97. The van der Waals surface area contributed by atoms with Gasteiger partial charge in [0.1, 0.15) is 22.2 Å². The highest BCUT2D eigenvalue weighted by Gasteiger charge is 2.25. The minimum Gasteiger partial charge on any atom is -0.497 e. The Morgan fingerprint density at radius 3 is 2.86 bits per heavy atom. The minimum atomic E-state index is 0.0340. The third-order valence-corrected chi connectivity index (χ3v) is 5.46. The molecular weight excluding hydrogens is 378 g/mol. The van der Waals surface area contributed by atoms with E-state index in [4.69, 9.17) is 21.1 Å². The fraction of sp³-hybridized carbons (Fsp3) is 0.333. The summed E-state index contributed by atoms with van der Waals surface area (Å²) in [5, 5.41) is 1.52. The van der Waals surface area contributed by atoms with Gasteiger partial charge in [0.15, 0.2) is 0 Å². The van der Waals surface area contributed by atoms with Crippen LogP contribution in [0.4, 0.5) is 0 Å². The number of aromatic nitrogens is 2. The van der Waals surface area contributed by atoms with Crippen LogP contribution in [0, 0.1) is 5.92 Å². The van der Waals surface area contributed by atoms with Gasteiger partial charge in [-0.2, -0.15) is 0 Å². The molecule has 6 nitrogen and oxygen atoms in total. The highest BCUT2D eigenvalue weighted by Crippen LogP contribution is 2.26. The van der Waals surface area contributed by atoms with Gasteiger partial charge in [-0.1, -0.05) is 11.6 Å². The molecule has 4 rings (SSSR count). The van der Waals surface area contributed by atoms with E-state index in [1.807, 2.05) is 29.2 Å². The standard InChI is InChI=1S/C21H22ClN3O3/c1-27-16-3-2-15-10-19(24-18(15)11-16)21(26)25-8-5-14(6-9-25)13-28-20-4-7-23-12-17(20)22/h2-4,7,10-12,14,24H,5-6,8-9,13H2,1H3. The molecular formula is C21H22ClN3O3. The van der Waals surface area contributed by atoms with Crippen LogP contribution in [0.15, 0.2) is 42.7 Å². The van der Waals surface area contributed by atoms with E-state index in [1.54, 1.807) is 25.6 Å². The molecule has 0 radical (unpaired) electrons. The molecule has 1 saturated heterocycles. The summed E-state index contributed by atoms with van der Waals surface area (Å²) >= 11 is 6.08. The number of methoxy groups -OCH3 is 1. The van der Waals surface area contributed by atoms with Gasteiger partial charge < -0.3 is 19.4 Å². The van der Waals surface area contributed by atoms with E-state index in [2.05, 4.69) is 9.97 Å². The Hall–Kier alpha value is -2.73. The maximum absolute atomic E-state index is 12.9. The molecule has 3 aromatic rings. The van der Waals surface area contributed by atoms with Crippen molar-refractivity contribution in [2.75, 3.05) is 26.8 Å². The number of nitrogens with zero attached hydrogens (tertiary/aromatic N) is 2. The number of carbonyl (C=O) groups excluding carboxylic acids is 1. The maximum Gasteiger partial charge on any atom is 0.270 e. The highest BCUT2D eigenvalue weighted by molar-refractivity contribution is 6.31. The number of likely N-dealkylation sites (tertiary alicyclic amines) is 1. The number of halogens is 1. The van der Waals surface area contributed by atoms with Crippen molar-refractivity contribution in [3.8, 4) is 11.5 Å². The van der Waals surface area contributed by atoms with Gasteiger partial charge in [-0.25, -0.2) is 0 Å². The SMILES string of the molecule is COc1ccc2cc(C(=O)N3CCC(COc4ccncc4Cl)CC3)[nH]c2c1. The molecule has 0 saturated carbocycles. The molecule has 1 N–H and O–H groups in total. The van der Waals surface area contributed by atoms with Gasteiger partial charge in [0.25, 0.3) is 5.91 Å². The largest absolute Gasteiger partial charge is 0.497 e. The van der Waals surface area contributed by atoms with Gasteiger partial charge >= 0.3 is 0 Å². The van der Waals surface area contributed by atoms with Crippen molar-refractivity contribution in [2.45, 2.75) is 12.8 Å². The predicted octanol–water partition coefficient (Wildman–Crippen LogP) is 4.16. The Morgan fingerprint density at radius 1 is 1.29 bits per heavy atom. The second-order valence-electron chi connectivity index (χ2n) is 6.99. The molecule has 28 heavy (non-hydrogen) atoms. The third-order valence-electron chi connectivity index (χ3n) is 5.17. The zero-order valence-corrected chi connectivity index (χ0v) is 16.4. The van der Waals surface area contributed by atoms with Gasteiger partial charge in [0.2, 0.25) is 0 Å². The summed E-state index contributed by atoms with van der Waals surface area (Å²) in [5.74, 6) is 1.86. The number of benzene rings is 1. The number of carbonyl (C=O) groups is 1. The monoisotopic (exact) mass is 399 g/mol. The summed E-state index contributed by atoms with van der Waals surface area (Å²) < 4.78 is 11.1. The Kier molecular flexibility index (Phi) is 5.39. The molecule has 0 spiro atoms. The van der Waals surface area contributed by atoms with Gasteiger partial charge in [0.05, 0.1) is 13.7 Å². The van der Waals surface area contributed by atoms with E-state index >= 15 is 0 Å². The van der Waals surface area contributed by atoms with Crippen LogP contribution in [0.3, 0.4) is 0 Å². The Bertz CT molecular complexity index is 980. The molecule has 7 heteroatoms. The van der Waals surface area contributed by atoms with Gasteiger partial charge in [-0.3, -0.25) is 9.78 Å². The van der Waals surface area contributed by atoms with E-state index in [1.165, 1.54) is 0 Å². The molecule has 1 aliphatic heterocycles. The van der Waals surface area contributed by atoms with Crippen molar-refractivity contribution in [1.82, 2.24) is 14.9 Å². The van der Waals surface area contributed by atoms with Crippen LogP contribution in [0.5, 0.6) is 11.5 Å². The molecule has 0 unspecified atom stereocenters. The Morgan fingerprint density at radius 2 is 2.11 bits per heavy atom. The number of rotatable bonds is 5. The molecule has 1 fully saturated rings. The second-order valence-corrected chi connectivity index (χ2v) is 7.40. The van der Waals surface area contributed by atoms with Crippen molar-refractivity contribution in [3.05, 3.63) is 53.4 Å². The summed E-state index contributed by atoms with van der Waals surface area (Å²) in [4.78, 5) is 21.9. The third kappa shape index (κ3) is 3.92. The number of ether oxygens (including phenoxy) is 2. The number of pyridine rings is 1. The molecule has 146 valence electrons. The first kappa shape index (κ1) is 18.6. The Labute approximate surface area is 168 Å². The molecule has 0 bridgehead atoms. The number of amides is 1. The van der Waals surface area contributed by atoms with Crippen LogP contribution in [0.25, 0.3) is 10.9 Å². The van der Waals surface area contributed by atoms with Crippen LogP contribution < -0.4 is 9.47 Å². The molecule has 1 amide bonds. The molecule has 0 atom stereocenters. The second kappa shape index (κ2) is 8.10. The number of aromatic amines is 1. The first-order valence-corrected chi connectivity index (χ1v) is 9.70. The van der Waals surface area contributed by atoms with Crippen LogP contribution in [-0.4, -0.2) is 47.6 Å². The summed E-state index contributed by atoms with van der Waals surface area (Å²) in [6.45, 7) is 2.03. The first-order valence-electron chi connectivity index (χ1n) is 9.32. The minimum absolute atomic E-state index is 0.0340. The number of piperidine rings is 1. The smallest absolute Gasteiger partial charge is 0.270 e. The van der Waals surface area contributed by atoms with E-state index in [0.717, 1.165) is 42.6 Å². The Balaban J connectivity index is 1.34. The lowest BCUT2D eigenvalue weighted by molar-refractivity contribution is 0.0656. The van der Waals surface area contributed by atoms with Crippen molar-refractivity contribution < 1.29 is 14.3 Å². The van der Waals surface area contributed by atoms with E-state index in [-0.39, 0.29) is 5.91 Å². The molecule has 0 aliphatic carbocycles. The zero-order chi connectivity index (χ0) is 19.5. The first-order chi connectivity index (χ1) is 13.6. The molecule has 1 aromatic carbocycles. The molecule has 1 aliphatic rings. The maximum atomic E-state index is 12.9. The van der Waals surface area contributed by atoms with Crippen molar-refractivity contribution in [1.29, 1.82) is 0 Å². The summed E-state index contributed by atoms with van der Waals surface area (Å²) in [7, 11) is 1.63. The summed E-state index contributed by atoms with van der Waals surface area (Å²) in [5.41, 5.74) is 1.52. The normalized spacial score (nSPS) is 15.0. The van der Waals surface area contributed by atoms with Gasteiger partial charge in [-0.05, 0) is 37.0 Å². The van der Waals surface area contributed by atoms with Crippen LogP contribution >= 0.6 is 11.6 Å². The average molecular weight is 400 g/mol. The lowest BCUT2D eigenvalue weighted by Gasteiger charge is -2.31. The van der Waals surface area contributed by atoms with Gasteiger partial charge in [0, 0.05) is 48.5 Å². The number of nitrogens with one attached hydrogen (secondary N) is 1.